The molecular formula is C13H16N2O4. The number of fused-ring (bicyclic) bond motifs is 1. The Labute approximate surface area is 110 Å². The molecule has 2 aromatic rings. The van der Waals surface area contributed by atoms with Gasteiger partial charge >= 0.3 is 5.97 Å². The summed E-state index contributed by atoms with van der Waals surface area (Å²) in [6, 6.07) is 7.42. The van der Waals surface area contributed by atoms with Crippen LogP contribution in [0, 0.1) is 0 Å². The largest absolute Gasteiger partial charge is 0.464 e. The fourth-order valence-electron chi connectivity index (χ4n) is 1.84. The molecular weight excluding hydrogens is 248 g/mol. The molecule has 0 saturated carbocycles. The molecule has 1 heterocycles. The van der Waals surface area contributed by atoms with E-state index in [-0.39, 0.29) is 13.2 Å². The molecule has 2 N–H and O–H groups in total. The fourth-order valence-corrected chi connectivity index (χ4v) is 1.84. The summed E-state index contributed by atoms with van der Waals surface area (Å²) in [5, 5.41) is 19.5. The van der Waals surface area contributed by atoms with E-state index in [1.54, 1.807) is 17.8 Å². The van der Waals surface area contributed by atoms with Gasteiger partial charge in [-0.2, -0.15) is 0 Å². The highest BCUT2D eigenvalue weighted by Crippen LogP contribution is 2.13. The lowest BCUT2D eigenvalue weighted by atomic mass is 10.2. The molecule has 0 amide bonds. The molecule has 19 heavy (non-hydrogen) atoms. The third kappa shape index (κ3) is 2.91. The molecule has 0 spiro atoms. The predicted octanol–water partition coefficient (Wildman–Crippen LogP) is 0.321. The smallest absolute Gasteiger partial charge is 0.337 e. The van der Waals surface area contributed by atoms with Gasteiger partial charge in [0.2, 0.25) is 0 Å². The highest BCUT2D eigenvalue weighted by molar-refractivity contribution is 5.76. The minimum atomic E-state index is -1.55. The van der Waals surface area contributed by atoms with E-state index in [9.17, 15) is 15.0 Å². The van der Waals surface area contributed by atoms with Crippen molar-refractivity contribution in [2.45, 2.75) is 25.7 Å². The van der Waals surface area contributed by atoms with E-state index in [2.05, 4.69) is 9.72 Å². The summed E-state index contributed by atoms with van der Waals surface area (Å²) in [6.45, 7) is 1.87. The number of hydrogen-bond donors (Lipinski definition) is 2. The zero-order valence-electron chi connectivity index (χ0n) is 10.6. The quantitative estimate of drug-likeness (QED) is 0.760. The van der Waals surface area contributed by atoms with Crippen molar-refractivity contribution >= 4 is 17.0 Å². The minimum Gasteiger partial charge on any atom is -0.464 e. The van der Waals surface area contributed by atoms with Gasteiger partial charge in [-0.05, 0) is 19.1 Å². The Bertz CT molecular complexity index is 567. The molecule has 2 rings (SSSR count). The Hall–Kier alpha value is -1.92. The predicted molar refractivity (Wildman–Crippen MR) is 68.4 cm³/mol. The highest BCUT2D eigenvalue weighted by atomic mass is 16.5. The number of ether oxygens (including phenoxy) is 1. The minimum absolute atomic E-state index is 0.0699. The van der Waals surface area contributed by atoms with E-state index in [1.165, 1.54) is 0 Å². The first kappa shape index (κ1) is 13.5. The number of esters is 1. The average Bonchev–Trinajstić information content (AvgIpc) is 2.81. The summed E-state index contributed by atoms with van der Waals surface area (Å²) in [4.78, 5) is 15.5. The van der Waals surface area contributed by atoms with Crippen LogP contribution in [0.2, 0.25) is 0 Å². The number of aromatic nitrogens is 2. The number of rotatable bonds is 5. The lowest BCUT2D eigenvalue weighted by Crippen LogP contribution is -2.38. The summed E-state index contributed by atoms with van der Waals surface area (Å²) in [5.74, 6) is -0.820. The molecule has 0 aliphatic carbocycles. The summed E-state index contributed by atoms with van der Waals surface area (Å²) < 4.78 is 6.34. The van der Waals surface area contributed by atoms with Gasteiger partial charge in [-0.3, -0.25) is 0 Å². The molecule has 0 bridgehead atoms. The van der Waals surface area contributed by atoms with Gasteiger partial charge in [0.15, 0.2) is 6.10 Å². The Morgan fingerprint density at radius 2 is 2.16 bits per heavy atom. The van der Waals surface area contributed by atoms with Gasteiger partial charge in [0.25, 0.3) is 0 Å². The standard InChI is InChI=1S/C13H16N2O4/c1-2-19-13(18)12(17)11(16)7-15-8-14-9-5-3-4-6-10(9)15/h3-6,8,11-12,16-17H,2,7H2,1H3/t11-,12-/m1/s1. The number of aliphatic hydroxyl groups is 2. The average molecular weight is 264 g/mol. The van der Waals surface area contributed by atoms with Crippen LogP contribution in [0.3, 0.4) is 0 Å². The summed E-state index contributed by atoms with van der Waals surface area (Å²) in [7, 11) is 0. The van der Waals surface area contributed by atoms with Crippen LogP contribution in [0.15, 0.2) is 30.6 Å². The molecule has 6 nitrogen and oxygen atoms in total. The van der Waals surface area contributed by atoms with Gasteiger partial charge in [0, 0.05) is 0 Å². The van der Waals surface area contributed by atoms with Crippen LogP contribution in [-0.2, 0) is 16.1 Å². The molecule has 1 aromatic heterocycles. The number of nitrogens with zero attached hydrogens (tertiary/aromatic N) is 2. The fraction of sp³-hybridized carbons (Fsp3) is 0.385. The summed E-state index contributed by atoms with van der Waals surface area (Å²) >= 11 is 0. The zero-order valence-corrected chi connectivity index (χ0v) is 10.6. The monoisotopic (exact) mass is 264 g/mol. The first-order valence-corrected chi connectivity index (χ1v) is 6.06. The van der Waals surface area contributed by atoms with Crippen LogP contribution in [-0.4, -0.2) is 44.5 Å². The number of carbonyl (C=O) groups excluding carboxylic acids is 1. The Kier molecular flexibility index (Phi) is 4.13. The van der Waals surface area contributed by atoms with Gasteiger partial charge in [0.05, 0.1) is 30.5 Å². The van der Waals surface area contributed by atoms with E-state index in [1.807, 2.05) is 24.3 Å². The number of aliphatic hydroxyl groups excluding tert-OH is 2. The SMILES string of the molecule is CCOC(=O)[C@H](O)[C@H](O)Cn1cnc2ccccc21. The molecule has 1 aromatic carbocycles. The number of carbonyl (C=O) groups is 1. The van der Waals surface area contributed by atoms with Crippen LogP contribution in [0.1, 0.15) is 6.92 Å². The van der Waals surface area contributed by atoms with E-state index in [0.717, 1.165) is 11.0 Å². The maximum atomic E-state index is 11.3. The van der Waals surface area contributed by atoms with Crippen molar-refractivity contribution in [1.29, 1.82) is 0 Å². The van der Waals surface area contributed by atoms with Crippen LogP contribution in [0.25, 0.3) is 11.0 Å². The van der Waals surface area contributed by atoms with Crippen molar-refractivity contribution in [3.8, 4) is 0 Å². The first-order valence-electron chi connectivity index (χ1n) is 6.06. The first-order chi connectivity index (χ1) is 9.13. The number of para-hydroxylation sites is 2. The lowest BCUT2D eigenvalue weighted by molar-refractivity contribution is -0.159. The van der Waals surface area contributed by atoms with Crippen LogP contribution < -0.4 is 0 Å². The van der Waals surface area contributed by atoms with E-state index >= 15 is 0 Å². The Balaban J connectivity index is 2.10. The third-order valence-corrected chi connectivity index (χ3v) is 2.80. The molecule has 0 unspecified atom stereocenters. The van der Waals surface area contributed by atoms with E-state index in [4.69, 9.17) is 0 Å². The zero-order chi connectivity index (χ0) is 13.8. The Morgan fingerprint density at radius 3 is 2.89 bits per heavy atom. The van der Waals surface area contributed by atoms with Gasteiger partial charge in [-0.1, -0.05) is 12.1 Å². The van der Waals surface area contributed by atoms with Gasteiger partial charge in [-0.25, -0.2) is 9.78 Å². The lowest BCUT2D eigenvalue weighted by Gasteiger charge is -2.17. The molecule has 0 aliphatic heterocycles. The van der Waals surface area contributed by atoms with Crippen LogP contribution >= 0.6 is 0 Å². The highest BCUT2D eigenvalue weighted by Gasteiger charge is 2.26. The summed E-state index contributed by atoms with van der Waals surface area (Å²) in [5.41, 5.74) is 1.62. The van der Waals surface area contributed by atoms with Crippen molar-refractivity contribution in [3.63, 3.8) is 0 Å². The second-order valence-corrected chi connectivity index (χ2v) is 4.15. The van der Waals surface area contributed by atoms with E-state index in [0.29, 0.717) is 0 Å². The van der Waals surface area contributed by atoms with Crippen LogP contribution in [0.4, 0.5) is 0 Å². The molecule has 0 fully saturated rings. The molecule has 102 valence electrons. The summed E-state index contributed by atoms with van der Waals surface area (Å²) in [6.07, 6.45) is -1.23. The second kappa shape index (κ2) is 5.81. The van der Waals surface area contributed by atoms with Crippen molar-refractivity contribution in [2.24, 2.45) is 0 Å². The molecule has 0 radical (unpaired) electrons. The van der Waals surface area contributed by atoms with Crippen molar-refractivity contribution in [3.05, 3.63) is 30.6 Å². The molecule has 0 aliphatic rings. The Morgan fingerprint density at radius 1 is 1.42 bits per heavy atom. The second-order valence-electron chi connectivity index (χ2n) is 4.15. The maximum Gasteiger partial charge on any atom is 0.337 e. The van der Waals surface area contributed by atoms with Crippen molar-refractivity contribution < 1.29 is 19.7 Å². The molecule has 6 heteroatoms. The topological polar surface area (TPSA) is 84.6 Å². The van der Waals surface area contributed by atoms with E-state index < -0.39 is 18.2 Å². The van der Waals surface area contributed by atoms with Gasteiger partial charge in [0.1, 0.15) is 6.10 Å². The van der Waals surface area contributed by atoms with Crippen molar-refractivity contribution in [2.75, 3.05) is 6.61 Å². The number of imidazole rings is 1. The third-order valence-electron chi connectivity index (χ3n) is 2.80. The van der Waals surface area contributed by atoms with Crippen LogP contribution in [0.5, 0.6) is 0 Å². The van der Waals surface area contributed by atoms with Gasteiger partial charge in [-0.15, -0.1) is 0 Å². The normalized spacial score (nSPS) is 14.3. The number of benzene rings is 1. The van der Waals surface area contributed by atoms with Gasteiger partial charge < -0.3 is 19.5 Å². The maximum absolute atomic E-state index is 11.3. The molecule has 0 saturated heterocycles. The van der Waals surface area contributed by atoms with Crippen molar-refractivity contribution in [1.82, 2.24) is 9.55 Å². The molecule has 2 atom stereocenters. The number of hydrogen-bond acceptors (Lipinski definition) is 5.